The highest BCUT2D eigenvalue weighted by Gasteiger charge is 2.54. The molecule has 0 aromatic heterocycles. The third-order valence-electron chi connectivity index (χ3n) is 6.09. The molecule has 4 rings (SSSR count). The minimum Gasteiger partial charge on any atom is -0.227 e. The van der Waals surface area contributed by atoms with Gasteiger partial charge in [0.1, 0.15) is 0 Å². The Morgan fingerprint density at radius 2 is 0.568 bits per heavy atom. The van der Waals surface area contributed by atoms with Crippen LogP contribution in [0.2, 0.25) is 0 Å². The first-order valence-electron chi connectivity index (χ1n) is 10.7. The summed E-state index contributed by atoms with van der Waals surface area (Å²) in [5, 5.41) is 0. The fraction of sp³-hybridized carbons (Fsp3) is 0.0400. The fourth-order valence-corrected chi connectivity index (χ4v) is 4.15. The van der Waals surface area contributed by atoms with Crippen molar-refractivity contribution in [1.82, 2.24) is 0 Å². The average molecular weight is 662 g/mol. The monoisotopic (exact) mass is 662 g/mol. The van der Waals surface area contributed by atoms with Crippen molar-refractivity contribution >= 4 is 0 Å². The number of hydrogen-bond donors (Lipinski definition) is 0. The summed E-state index contributed by atoms with van der Waals surface area (Å²) in [5.74, 6) is -59.6. The molecule has 0 aliphatic heterocycles. The van der Waals surface area contributed by atoms with Crippen molar-refractivity contribution < 1.29 is 83.4 Å². The summed E-state index contributed by atoms with van der Waals surface area (Å²) in [4.78, 5) is 0. The van der Waals surface area contributed by atoms with Gasteiger partial charge in [-0.1, -0.05) is 0 Å². The smallest absolute Gasteiger partial charge is 0.201 e. The molecule has 0 radical (unpaired) electrons. The molecule has 0 aliphatic rings. The van der Waals surface area contributed by atoms with E-state index in [0.29, 0.717) is 0 Å². The van der Waals surface area contributed by atoms with Crippen LogP contribution in [0.5, 0.6) is 0 Å². The van der Waals surface area contributed by atoms with Gasteiger partial charge in [0.2, 0.25) is 17.3 Å². The largest absolute Gasteiger partial charge is 0.227 e. The first kappa shape index (κ1) is 32.5. The van der Waals surface area contributed by atoms with Crippen LogP contribution >= 0.6 is 0 Å². The normalized spacial score (nSPS) is 12.0. The summed E-state index contributed by atoms with van der Waals surface area (Å²) in [6, 6.07) is -0.829. The summed E-state index contributed by atoms with van der Waals surface area (Å²) in [5.41, 5.74) is -22.2. The Morgan fingerprint density at radius 3 is 0.932 bits per heavy atom. The zero-order valence-electron chi connectivity index (χ0n) is 19.8. The average Bonchev–Trinajstić information content (AvgIpc) is 2.98. The third kappa shape index (κ3) is 4.18. The molecular formula is C25HF19. The quantitative estimate of drug-likeness (QED) is 0.0886. The Kier molecular flexibility index (Phi) is 7.83. The molecule has 0 saturated heterocycles. The van der Waals surface area contributed by atoms with Crippen molar-refractivity contribution in [3.8, 4) is 11.1 Å². The Morgan fingerprint density at radius 1 is 0.295 bits per heavy atom. The maximum atomic E-state index is 17.2. The first-order valence-corrected chi connectivity index (χ1v) is 10.7. The molecule has 0 amide bonds. The predicted molar refractivity (Wildman–Crippen MR) is 105 cm³/mol. The van der Waals surface area contributed by atoms with Crippen molar-refractivity contribution in [2.75, 3.05) is 0 Å². The maximum Gasteiger partial charge on any atom is 0.201 e. The van der Waals surface area contributed by atoms with Gasteiger partial charge in [-0.3, -0.25) is 0 Å². The Hall–Kier alpha value is -4.45. The van der Waals surface area contributed by atoms with Gasteiger partial charge in [0.25, 0.3) is 0 Å². The third-order valence-corrected chi connectivity index (χ3v) is 6.09. The molecule has 0 spiro atoms. The van der Waals surface area contributed by atoms with Gasteiger partial charge in [0, 0.05) is 16.7 Å². The molecule has 4 aromatic rings. The fourth-order valence-electron chi connectivity index (χ4n) is 4.15. The molecule has 0 aliphatic carbocycles. The number of halogens is 19. The topological polar surface area (TPSA) is 0 Å². The molecular weight excluding hydrogens is 661 g/mol. The second-order valence-corrected chi connectivity index (χ2v) is 8.40. The Bertz CT molecular complexity index is 1780. The van der Waals surface area contributed by atoms with Gasteiger partial charge in [-0.25, -0.2) is 83.4 Å². The van der Waals surface area contributed by atoms with E-state index in [-0.39, 0.29) is 0 Å². The van der Waals surface area contributed by atoms with Gasteiger partial charge in [0.05, 0.1) is 11.1 Å². The number of benzene rings is 4. The van der Waals surface area contributed by atoms with Gasteiger partial charge in [0.15, 0.2) is 93.1 Å². The van der Waals surface area contributed by atoms with Gasteiger partial charge < -0.3 is 0 Å². The van der Waals surface area contributed by atoms with E-state index >= 15 is 13.2 Å². The van der Waals surface area contributed by atoms with E-state index < -0.39 is 144 Å². The summed E-state index contributed by atoms with van der Waals surface area (Å²) in [6.45, 7) is 0. The highest BCUT2D eigenvalue weighted by molar-refractivity contribution is 5.74. The number of alkyl halides is 1. The van der Waals surface area contributed by atoms with Crippen LogP contribution in [0, 0.1) is 105 Å². The highest BCUT2D eigenvalue weighted by Crippen LogP contribution is 2.52. The van der Waals surface area contributed by atoms with Crippen LogP contribution in [-0.2, 0) is 5.67 Å². The van der Waals surface area contributed by atoms with E-state index in [9.17, 15) is 70.2 Å². The summed E-state index contributed by atoms with van der Waals surface area (Å²) < 4.78 is 276. The molecule has 0 nitrogen and oxygen atoms in total. The van der Waals surface area contributed by atoms with Crippen LogP contribution in [0.4, 0.5) is 83.4 Å². The van der Waals surface area contributed by atoms with Gasteiger partial charge in [-0.15, -0.1) is 0 Å². The SMILES string of the molecule is Fc1cc(-c2c(F)c(F)c(F)c(F)c2C(F)(c2c(F)c(F)c(F)c(F)c2F)c2c(F)c(F)c(F)c(F)c2F)c(F)c(F)c1F. The molecule has 44 heavy (non-hydrogen) atoms. The van der Waals surface area contributed by atoms with Crippen LogP contribution < -0.4 is 0 Å². The molecule has 0 bridgehead atoms. The van der Waals surface area contributed by atoms with Crippen LogP contribution in [0.25, 0.3) is 11.1 Å². The second-order valence-electron chi connectivity index (χ2n) is 8.40. The summed E-state index contributed by atoms with van der Waals surface area (Å²) >= 11 is 0. The minimum atomic E-state index is -6.20. The van der Waals surface area contributed by atoms with Crippen molar-refractivity contribution in [2.45, 2.75) is 5.67 Å². The molecule has 0 atom stereocenters. The molecule has 19 heteroatoms. The zero-order chi connectivity index (χ0) is 33.5. The van der Waals surface area contributed by atoms with Crippen LogP contribution in [0.15, 0.2) is 6.07 Å². The lowest BCUT2D eigenvalue weighted by Crippen LogP contribution is -2.34. The lowest BCUT2D eigenvalue weighted by molar-refractivity contribution is 0.215. The maximum absolute atomic E-state index is 17.2. The summed E-state index contributed by atoms with van der Waals surface area (Å²) in [6.07, 6.45) is 0. The van der Waals surface area contributed by atoms with Crippen molar-refractivity contribution in [2.24, 2.45) is 0 Å². The van der Waals surface area contributed by atoms with Gasteiger partial charge in [-0.2, -0.15) is 0 Å². The van der Waals surface area contributed by atoms with Gasteiger partial charge in [-0.05, 0) is 6.07 Å². The lowest BCUT2D eigenvalue weighted by atomic mass is 9.76. The Balaban J connectivity index is 2.48. The van der Waals surface area contributed by atoms with Crippen molar-refractivity contribution in [3.63, 3.8) is 0 Å². The number of rotatable bonds is 4. The molecule has 0 fully saturated rings. The van der Waals surface area contributed by atoms with E-state index in [0.717, 1.165) is 0 Å². The standard InChI is InChI=1S/C25HF19/c26-3-1-2(8(27)16(35)9(3)28)4-5(11(30)18(37)17(36)10(4)29)25(44,6-12(31)19(38)23(42)20(39)13(6)32)7-14(33)21(40)24(43)22(41)15(7)34/h1H. The van der Waals surface area contributed by atoms with Gasteiger partial charge >= 0.3 is 0 Å². The molecule has 0 heterocycles. The van der Waals surface area contributed by atoms with Crippen molar-refractivity contribution in [3.05, 3.63) is 127 Å². The van der Waals surface area contributed by atoms with E-state index in [4.69, 9.17) is 0 Å². The van der Waals surface area contributed by atoms with Crippen LogP contribution in [-0.4, -0.2) is 0 Å². The lowest BCUT2D eigenvalue weighted by Gasteiger charge is -2.31. The summed E-state index contributed by atoms with van der Waals surface area (Å²) in [7, 11) is 0. The molecule has 0 saturated carbocycles. The molecule has 0 N–H and O–H groups in total. The highest BCUT2D eigenvalue weighted by atomic mass is 19.2. The van der Waals surface area contributed by atoms with E-state index in [1.165, 1.54) is 0 Å². The predicted octanol–water partition coefficient (Wildman–Crippen LogP) is 9.12. The first-order chi connectivity index (χ1) is 20.2. The second kappa shape index (κ2) is 10.6. The minimum absolute atomic E-state index is 0.829. The number of hydrogen-bond acceptors (Lipinski definition) is 0. The molecule has 0 unspecified atom stereocenters. The van der Waals surface area contributed by atoms with Crippen LogP contribution in [0.3, 0.4) is 0 Å². The van der Waals surface area contributed by atoms with E-state index in [2.05, 4.69) is 0 Å². The Labute approximate surface area is 228 Å². The molecule has 234 valence electrons. The van der Waals surface area contributed by atoms with E-state index in [1.54, 1.807) is 0 Å². The molecule has 4 aromatic carbocycles. The van der Waals surface area contributed by atoms with Crippen LogP contribution in [0.1, 0.15) is 16.7 Å². The van der Waals surface area contributed by atoms with Crippen molar-refractivity contribution in [1.29, 1.82) is 0 Å². The van der Waals surface area contributed by atoms with E-state index in [1.807, 2.05) is 0 Å². The zero-order valence-corrected chi connectivity index (χ0v) is 19.8.